The quantitative estimate of drug-likeness (QED) is 0.643. The van der Waals surface area contributed by atoms with Crippen LogP contribution < -0.4 is 15.4 Å². The maximum Gasteiger partial charge on any atom is 0.326 e. The average Bonchev–Trinajstić information content (AvgIpc) is 2.84. The fourth-order valence-corrected chi connectivity index (χ4v) is 1.85. The van der Waals surface area contributed by atoms with E-state index in [1.807, 2.05) is 0 Å². The molecule has 0 bridgehead atoms. The van der Waals surface area contributed by atoms with E-state index in [0.29, 0.717) is 10.4 Å². The summed E-state index contributed by atoms with van der Waals surface area (Å²) in [6.45, 7) is 0. The fourth-order valence-electron chi connectivity index (χ4n) is 1.54. The van der Waals surface area contributed by atoms with E-state index in [0.717, 1.165) is 0 Å². The summed E-state index contributed by atoms with van der Waals surface area (Å²) in [5, 5.41) is 15.7. The van der Waals surface area contributed by atoms with Crippen LogP contribution in [0.2, 0.25) is 0 Å². The number of halogens is 1. The van der Waals surface area contributed by atoms with Crippen LogP contribution in [0.4, 0.5) is 22.1 Å². The zero-order chi connectivity index (χ0) is 15.4. The van der Waals surface area contributed by atoms with Crippen molar-refractivity contribution in [3.63, 3.8) is 0 Å². The molecule has 0 radical (unpaired) electrons. The van der Waals surface area contributed by atoms with Crippen molar-refractivity contribution >= 4 is 39.2 Å². The molecule has 0 spiro atoms. The number of ether oxygens (including phenoxy) is 1. The third kappa shape index (κ3) is 3.72. The third-order valence-corrected chi connectivity index (χ3v) is 2.88. The van der Waals surface area contributed by atoms with Crippen molar-refractivity contribution in [1.82, 2.24) is 0 Å². The molecule has 8 nitrogen and oxygen atoms in total. The van der Waals surface area contributed by atoms with Crippen molar-refractivity contribution in [3.05, 3.63) is 45.1 Å². The minimum absolute atomic E-state index is 0.132. The van der Waals surface area contributed by atoms with Crippen molar-refractivity contribution < 1.29 is 18.9 Å². The Morgan fingerprint density at radius 1 is 1.33 bits per heavy atom. The molecular formula is C12H10BrN3O5. The first-order valence-electron chi connectivity index (χ1n) is 5.65. The summed E-state index contributed by atoms with van der Waals surface area (Å²) in [4.78, 5) is 21.9. The van der Waals surface area contributed by atoms with E-state index in [1.165, 1.54) is 25.3 Å². The topological polar surface area (TPSA) is 107 Å². The minimum atomic E-state index is -0.566. The highest BCUT2D eigenvalue weighted by atomic mass is 79.9. The first-order valence-corrected chi connectivity index (χ1v) is 6.44. The molecule has 2 rings (SSSR count). The summed E-state index contributed by atoms with van der Waals surface area (Å²) in [7, 11) is 1.35. The summed E-state index contributed by atoms with van der Waals surface area (Å²) in [5.41, 5.74) is 0.166. The predicted octanol–water partition coefficient (Wildman–Crippen LogP) is 3.60. The second-order valence-corrected chi connectivity index (χ2v) is 4.61. The number of hydrogen-bond donors (Lipinski definition) is 2. The molecule has 0 saturated carbocycles. The Hall–Kier alpha value is -2.55. The molecular weight excluding hydrogens is 346 g/mol. The lowest BCUT2D eigenvalue weighted by Crippen LogP contribution is -2.19. The number of nitro benzene ring substituents is 1. The molecule has 0 atom stereocenters. The van der Waals surface area contributed by atoms with Gasteiger partial charge in [0, 0.05) is 12.1 Å². The smallest absolute Gasteiger partial charge is 0.326 e. The van der Waals surface area contributed by atoms with Crippen molar-refractivity contribution in [1.29, 1.82) is 0 Å². The number of nitrogens with one attached hydrogen (secondary N) is 2. The summed E-state index contributed by atoms with van der Waals surface area (Å²) in [5.74, 6) is 0.431. The van der Waals surface area contributed by atoms with Crippen LogP contribution in [0.15, 0.2) is 39.4 Å². The lowest BCUT2D eigenvalue weighted by Gasteiger charge is -2.09. The Morgan fingerprint density at radius 3 is 2.67 bits per heavy atom. The Labute approximate surface area is 127 Å². The molecule has 1 aromatic carbocycles. The summed E-state index contributed by atoms with van der Waals surface area (Å²) in [6, 6.07) is 6.50. The average molecular weight is 356 g/mol. The molecule has 21 heavy (non-hydrogen) atoms. The van der Waals surface area contributed by atoms with Gasteiger partial charge < -0.3 is 14.5 Å². The number of carbonyl (C=O) groups excluding carboxylic acids is 1. The van der Waals surface area contributed by atoms with Crippen LogP contribution in [0.3, 0.4) is 0 Å². The van der Waals surface area contributed by atoms with Crippen molar-refractivity contribution in [3.8, 4) is 5.75 Å². The zero-order valence-electron chi connectivity index (χ0n) is 10.8. The number of urea groups is 1. The van der Waals surface area contributed by atoms with Crippen LogP contribution in [0, 0.1) is 10.1 Å². The van der Waals surface area contributed by atoms with E-state index in [9.17, 15) is 14.9 Å². The molecule has 0 aliphatic heterocycles. The van der Waals surface area contributed by atoms with Crippen LogP contribution in [-0.4, -0.2) is 18.1 Å². The van der Waals surface area contributed by atoms with Crippen LogP contribution >= 0.6 is 15.9 Å². The summed E-state index contributed by atoms with van der Waals surface area (Å²) in [6.07, 6.45) is 0. The maximum absolute atomic E-state index is 11.8. The van der Waals surface area contributed by atoms with E-state index in [4.69, 9.17) is 9.15 Å². The van der Waals surface area contributed by atoms with Crippen molar-refractivity contribution in [2.75, 3.05) is 17.7 Å². The van der Waals surface area contributed by atoms with Gasteiger partial charge in [-0.05, 0) is 28.1 Å². The molecule has 1 heterocycles. The van der Waals surface area contributed by atoms with Gasteiger partial charge in [0.25, 0.3) is 5.69 Å². The van der Waals surface area contributed by atoms with Gasteiger partial charge in [0.15, 0.2) is 4.67 Å². The van der Waals surface area contributed by atoms with Gasteiger partial charge in [-0.3, -0.25) is 15.4 Å². The monoisotopic (exact) mass is 355 g/mol. The molecule has 0 aliphatic rings. The lowest BCUT2D eigenvalue weighted by atomic mass is 10.2. The molecule has 1 aromatic heterocycles. The molecule has 0 unspecified atom stereocenters. The normalized spacial score (nSPS) is 10.0. The number of nitrogens with zero attached hydrogens (tertiary/aromatic N) is 1. The van der Waals surface area contributed by atoms with Gasteiger partial charge in [0.1, 0.15) is 5.75 Å². The number of anilines is 2. The van der Waals surface area contributed by atoms with E-state index < -0.39 is 11.0 Å². The molecule has 0 saturated heterocycles. The molecule has 110 valence electrons. The highest BCUT2D eigenvalue weighted by Crippen LogP contribution is 2.29. The second kappa shape index (κ2) is 6.27. The molecule has 2 N–H and O–H groups in total. The van der Waals surface area contributed by atoms with E-state index in [2.05, 4.69) is 26.6 Å². The Bertz CT molecular complexity index is 685. The van der Waals surface area contributed by atoms with Gasteiger partial charge in [-0.25, -0.2) is 4.79 Å². The summed E-state index contributed by atoms with van der Waals surface area (Å²) < 4.78 is 10.6. The number of hydrogen-bond acceptors (Lipinski definition) is 5. The Kier molecular flexibility index (Phi) is 4.43. The van der Waals surface area contributed by atoms with Crippen LogP contribution in [-0.2, 0) is 0 Å². The number of carbonyl (C=O) groups is 1. The van der Waals surface area contributed by atoms with E-state index in [-0.39, 0.29) is 17.3 Å². The SMILES string of the molecule is COc1cc([N+](=O)[O-])ccc1NC(=O)Nc1ccc(Br)o1. The van der Waals surface area contributed by atoms with Gasteiger partial charge in [-0.1, -0.05) is 0 Å². The Balaban J connectivity index is 2.11. The number of methoxy groups -OCH3 is 1. The minimum Gasteiger partial charge on any atom is -0.494 e. The van der Waals surface area contributed by atoms with Gasteiger partial charge in [0.2, 0.25) is 5.88 Å². The predicted molar refractivity (Wildman–Crippen MR) is 78.7 cm³/mol. The largest absolute Gasteiger partial charge is 0.494 e. The highest BCUT2D eigenvalue weighted by molar-refractivity contribution is 9.10. The van der Waals surface area contributed by atoms with Crippen molar-refractivity contribution in [2.24, 2.45) is 0 Å². The van der Waals surface area contributed by atoms with Crippen LogP contribution in [0.25, 0.3) is 0 Å². The van der Waals surface area contributed by atoms with Gasteiger partial charge in [0.05, 0.1) is 23.8 Å². The molecule has 0 fully saturated rings. The number of amides is 2. The molecule has 0 aliphatic carbocycles. The van der Waals surface area contributed by atoms with E-state index in [1.54, 1.807) is 12.1 Å². The number of furan rings is 1. The maximum atomic E-state index is 11.8. The first kappa shape index (κ1) is 14.9. The van der Waals surface area contributed by atoms with Crippen molar-refractivity contribution in [2.45, 2.75) is 0 Å². The van der Waals surface area contributed by atoms with Gasteiger partial charge >= 0.3 is 6.03 Å². The molecule has 2 aromatic rings. The standard InChI is InChI=1S/C12H10BrN3O5/c1-20-9-6-7(16(18)19)2-3-8(9)14-12(17)15-11-5-4-10(13)21-11/h2-6H,1H3,(H2,14,15,17). The Morgan fingerprint density at radius 2 is 2.10 bits per heavy atom. The number of non-ortho nitro benzene ring substituents is 1. The van der Waals surface area contributed by atoms with Gasteiger partial charge in [-0.2, -0.15) is 0 Å². The fraction of sp³-hybridized carbons (Fsp3) is 0.0833. The zero-order valence-corrected chi connectivity index (χ0v) is 12.3. The number of rotatable bonds is 4. The van der Waals surface area contributed by atoms with Crippen LogP contribution in [0.5, 0.6) is 5.75 Å². The number of benzene rings is 1. The second-order valence-electron chi connectivity index (χ2n) is 3.82. The number of nitro groups is 1. The highest BCUT2D eigenvalue weighted by Gasteiger charge is 2.14. The van der Waals surface area contributed by atoms with Crippen LogP contribution in [0.1, 0.15) is 0 Å². The molecule has 9 heteroatoms. The molecule has 2 amide bonds. The first-order chi connectivity index (χ1) is 9.99. The lowest BCUT2D eigenvalue weighted by molar-refractivity contribution is -0.384. The summed E-state index contributed by atoms with van der Waals surface area (Å²) >= 11 is 3.11. The third-order valence-electron chi connectivity index (χ3n) is 2.45. The van der Waals surface area contributed by atoms with E-state index >= 15 is 0 Å². The van der Waals surface area contributed by atoms with Gasteiger partial charge in [-0.15, -0.1) is 0 Å².